The zero-order valence-corrected chi connectivity index (χ0v) is 14.1. The monoisotopic (exact) mass is 347 g/mol. The molecule has 2 heterocycles. The van der Waals surface area contributed by atoms with Crippen molar-refractivity contribution >= 4 is 22.9 Å². The van der Waals surface area contributed by atoms with Gasteiger partial charge in [0.2, 0.25) is 0 Å². The summed E-state index contributed by atoms with van der Waals surface area (Å²) < 4.78 is 2.61. The molecule has 23 heavy (non-hydrogen) atoms. The lowest BCUT2D eigenvalue weighted by molar-refractivity contribution is 0.178. The molecule has 1 atom stereocenters. The number of halogens is 1. The van der Waals surface area contributed by atoms with Gasteiger partial charge in [0.05, 0.1) is 17.1 Å². The van der Waals surface area contributed by atoms with E-state index in [2.05, 4.69) is 22.5 Å². The third-order valence-corrected chi connectivity index (χ3v) is 4.80. The molecule has 1 aromatic carbocycles. The molecule has 2 aromatic heterocycles. The molecule has 0 aliphatic carbocycles. The summed E-state index contributed by atoms with van der Waals surface area (Å²) in [5, 5.41) is 17.7. The van der Waals surface area contributed by atoms with Crippen molar-refractivity contribution in [2.75, 3.05) is 6.54 Å². The van der Waals surface area contributed by atoms with Gasteiger partial charge >= 0.3 is 0 Å². The summed E-state index contributed by atoms with van der Waals surface area (Å²) in [4.78, 5) is 0.877. The number of aliphatic hydroxyl groups excluding tert-OH is 1. The van der Waals surface area contributed by atoms with Crippen molar-refractivity contribution in [3.8, 4) is 0 Å². The van der Waals surface area contributed by atoms with Crippen LogP contribution < -0.4 is 5.32 Å². The Morgan fingerprint density at radius 2 is 2.00 bits per heavy atom. The van der Waals surface area contributed by atoms with E-state index in [1.165, 1.54) is 16.9 Å². The highest BCUT2D eigenvalue weighted by Crippen LogP contribution is 2.26. The van der Waals surface area contributed by atoms with Gasteiger partial charge in [-0.3, -0.25) is 4.68 Å². The van der Waals surface area contributed by atoms with Crippen LogP contribution in [0, 0.1) is 0 Å². The maximum Gasteiger partial charge on any atom is 0.101 e. The molecule has 3 aromatic rings. The second-order valence-corrected chi connectivity index (χ2v) is 7.07. The fraction of sp³-hybridized carbons (Fsp3) is 0.235. The zero-order valence-electron chi connectivity index (χ0n) is 12.5. The lowest BCUT2D eigenvalue weighted by Gasteiger charge is -2.09. The lowest BCUT2D eigenvalue weighted by atomic mass is 10.2. The van der Waals surface area contributed by atoms with Crippen LogP contribution in [0.5, 0.6) is 0 Å². The number of hydrogen-bond donors (Lipinski definition) is 2. The van der Waals surface area contributed by atoms with Crippen molar-refractivity contribution in [1.29, 1.82) is 0 Å². The van der Waals surface area contributed by atoms with Crippen molar-refractivity contribution in [2.24, 2.45) is 0 Å². The van der Waals surface area contributed by atoms with E-state index in [0.717, 1.165) is 17.0 Å². The van der Waals surface area contributed by atoms with Crippen molar-refractivity contribution in [3.05, 3.63) is 75.2 Å². The van der Waals surface area contributed by atoms with Gasteiger partial charge in [0.1, 0.15) is 6.10 Å². The van der Waals surface area contributed by atoms with Crippen LogP contribution in [0.4, 0.5) is 0 Å². The SMILES string of the molecule is OC(CNCc1cnn(Cc2ccccc2)c1)c1ccc(Cl)s1. The van der Waals surface area contributed by atoms with Crippen LogP contribution >= 0.6 is 22.9 Å². The summed E-state index contributed by atoms with van der Waals surface area (Å²) in [6.07, 6.45) is 3.34. The van der Waals surface area contributed by atoms with Gasteiger partial charge in [-0.2, -0.15) is 5.10 Å². The molecule has 0 bridgehead atoms. The van der Waals surface area contributed by atoms with Crippen molar-refractivity contribution in [2.45, 2.75) is 19.2 Å². The molecule has 0 saturated carbocycles. The molecule has 3 rings (SSSR count). The highest BCUT2D eigenvalue weighted by molar-refractivity contribution is 7.16. The normalized spacial score (nSPS) is 12.4. The van der Waals surface area contributed by atoms with Gasteiger partial charge in [-0.05, 0) is 17.7 Å². The molecule has 1 unspecified atom stereocenters. The molecule has 120 valence electrons. The van der Waals surface area contributed by atoms with Crippen LogP contribution in [-0.2, 0) is 13.1 Å². The van der Waals surface area contributed by atoms with Crippen molar-refractivity contribution < 1.29 is 5.11 Å². The molecule has 0 amide bonds. The number of hydrogen-bond acceptors (Lipinski definition) is 4. The van der Waals surface area contributed by atoms with Gasteiger partial charge in [0, 0.05) is 29.7 Å². The number of thiophene rings is 1. The summed E-state index contributed by atoms with van der Waals surface area (Å²) in [6, 6.07) is 13.9. The Morgan fingerprint density at radius 1 is 1.17 bits per heavy atom. The van der Waals surface area contributed by atoms with Crippen LogP contribution in [0.3, 0.4) is 0 Å². The fourth-order valence-corrected chi connectivity index (χ4v) is 3.36. The molecule has 0 radical (unpaired) electrons. The smallest absolute Gasteiger partial charge is 0.101 e. The summed E-state index contributed by atoms with van der Waals surface area (Å²) >= 11 is 7.29. The maximum absolute atomic E-state index is 10.1. The van der Waals surface area contributed by atoms with Gasteiger partial charge in [-0.1, -0.05) is 41.9 Å². The molecular weight excluding hydrogens is 330 g/mol. The molecule has 0 saturated heterocycles. The summed E-state index contributed by atoms with van der Waals surface area (Å²) in [6.45, 7) is 1.92. The Balaban J connectivity index is 1.47. The van der Waals surface area contributed by atoms with Gasteiger partial charge in [0.25, 0.3) is 0 Å². The fourth-order valence-electron chi connectivity index (χ4n) is 2.32. The standard InChI is InChI=1S/C17H18ClN3OS/c18-17-7-6-16(23-17)15(22)10-19-8-14-9-20-21(12-14)11-13-4-2-1-3-5-13/h1-7,9,12,15,19,22H,8,10-11H2. The number of benzene rings is 1. The number of nitrogens with one attached hydrogen (secondary N) is 1. The molecule has 0 aliphatic heterocycles. The van der Waals surface area contributed by atoms with E-state index in [9.17, 15) is 5.11 Å². The van der Waals surface area contributed by atoms with Crippen LogP contribution in [0.1, 0.15) is 22.1 Å². The third-order valence-electron chi connectivity index (χ3n) is 3.46. The van der Waals surface area contributed by atoms with E-state index >= 15 is 0 Å². The average Bonchev–Trinajstić information content (AvgIpc) is 3.17. The minimum atomic E-state index is -0.535. The van der Waals surface area contributed by atoms with Gasteiger partial charge < -0.3 is 10.4 Å². The van der Waals surface area contributed by atoms with Crippen molar-refractivity contribution in [1.82, 2.24) is 15.1 Å². The van der Waals surface area contributed by atoms with E-state index in [1.807, 2.05) is 41.3 Å². The van der Waals surface area contributed by atoms with E-state index in [1.54, 1.807) is 6.07 Å². The molecular formula is C17H18ClN3OS. The first kappa shape index (κ1) is 16.2. The van der Waals surface area contributed by atoms with Gasteiger partial charge in [0.15, 0.2) is 0 Å². The second-order valence-electron chi connectivity index (χ2n) is 5.32. The summed E-state index contributed by atoms with van der Waals surface area (Å²) in [5.74, 6) is 0. The topological polar surface area (TPSA) is 50.1 Å². The zero-order chi connectivity index (χ0) is 16.1. The van der Waals surface area contributed by atoms with E-state index in [0.29, 0.717) is 17.4 Å². The summed E-state index contributed by atoms with van der Waals surface area (Å²) in [7, 11) is 0. The number of nitrogens with zero attached hydrogens (tertiary/aromatic N) is 2. The second kappa shape index (κ2) is 7.75. The predicted molar refractivity (Wildman–Crippen MR) is 93.8 cm³/mol. The summed E-state index contributed by atoms with van der Waals surface area (Å²) in [5.41, 5.74) is 2.32. The third kappa shape index (κ3) is 4.65. The molecule has 0 aliphatic rings. The maximum atomic E-state index is 10.1. The van der Waals surface area contributed by atoms with Crippen LogP contribution in [-0.4, -0.2) is 21.4 Å². The molecule has 2 N–H and O–H groups in total. The van der Waals surface area contributed by atoms with Crippen LogP contribution in [0.15, 0.2) is 54.9 Å². The van der Waals surface area contributed by atoms with Gasteiger partial charge in [-0.25, -0.2) is 0 Å². The predicted octanol–water partition coefficient (Wildman–Crippen LogP) is 3.47. The van der Waals surface area contributed by atoms with Crippen molar-refractivity contribution in [3.63, 3.8) is 0 Å². The van der Waals surface area contributed by atoms with Crippen LogP contribution in [0.25, 0.3) is 0 Å². The Hall–Kier alpha value is -1.66. The highest BCUT2D eigenvalue weighted by Gasteiger charge is 2.10. The molecule has 4 nitrogen and oxygen atoms in total. The largest absolute Gasteiger partial charge is 0.386 e. The Kier molecular flexibility index (Phi) is 5.46. The first-order valence-corrected chi connectivity index (χ1v) is 8.59. The minimum Gasteiger partial charge on any atom is -0.386 e. The average molecular weight is 348 g/mol. The highest BCUT2D eigenvalue weighted by atomic mass is 35.5. The molecule has 0 fully saturated rings. The van der Waals surface area contributed by atoms with E-state index in [4.69, 9.17) is 11.6 Å². The van der Waals surface area contributed by atoms with E-state index < -0.39 is 6.10 Å². The number of aromatic nitrogens is 2. The Bertz CT molecular complexity index is 741. The molecule has 6 heteroatoms. The molecule has 0 spiro atoms. The Morgan fingerprint density at radius 3 is 2.74 bits per heavy atom. The number of aliphatic hydroxyl groups is 1. The van der Waals surface area contributed by atoms with E-state index in [-0.39, 0.29) is 0 Å². The first-order valence-electron chi connectivity index (χ1n) is 7.40. The van der Waals surface area contributed by atoms with Crippen LogP contribution in [0.2, 0.25) is 4.34 Å². The quantitative estimate of drug-likeness (QED) is 0.688. The first-order chi connectivity index (χ1) is 11.2. The lowest BCUT2D eigenvalue weighted by Crippen LogP contribution is -2.20. The van der Waals surface area contributed by atoms with Gasteiger partial charge in [-0.15, -0.1) is 11.3 Å². The number of rotatable bonds is 7. The Labute approximate surface area is 144 Å². The minimum absolute atomic E-state index is 0.487.